The van der Waals surface area contributed by atoms with Gasteiger partial charge in [-0.1, -0.05) is 0 Å². The molecule has 5 heteroatoms. The summed E-state index contributed by atoms with van der Waals surface area (Å²) in [6.07, 6.45) is 2.42. The van der Waals surface area contributed by atoms with Gasteiger partial charge >= 0.3 is 0 Å². The highest BCUT2D eigenvalue weighted by molar-refractivity contribution is 5.89. The van der Waals surface area contributed by atoms with Crippen molar-refractivity contribution in [3.8, 4) is 5.75 Å². The van der Waals surface area contributed by atoms with Crippen LogP contribution >= 0.6 is 0 Å². The summed E-state index contributed by atoms with van der Waals surface area (Å²) in [7, 11) is 0. The normalized spacial score (nSPS) is 17.4. The molecule has 90 valence electrons. The Hall–Kier alpha value is -1.75. The molecule has 2 aromatic rings. The maximum Gasteiger partial charge on any atom is 0.153 e. The van der Waals surface area contributed by atoms with E-state index in [0.29, 0.717) is 11.9 Å². The SMILES string of the molecule is Nc1n[nH]c2ccc(OC3CCNCC3)cc12. The van der Waals surface area contributed by atoms with E-state index in [4.69, 9.17) is 10.5 Å². The van der Waals surface area contributed by atoms with E-state index in [2.05, 4.69) is 15.5 Å². The maximum atomic E-state index is 5.95. The molecule has 17 heavy (non-hydrogen) atoms. The van der Waals surface area contributed by atoms with Gasteiger partial charge in [0.15, 0.2) is 5.82 Å². The first-order chi connectivity index (χ1) is 8.33. The Morgan fingerprint density at radius 3 is 2.94 bits per heavy atom. The highest BCUT2D eigenvalue weighted by Gasteiger charge is 2.14. The Bertz CT molecular complexity index is 516. The Kier molecular flexibility index (Phi) is 2.60. The van der Waals surface area contributed by atoms with Crippen LogP contribution in [0.25, 0.3) is 10.9 Å². The van der Waals surface area contributed by atoms with Gasteiger partial charge in [-0.15, -0.1) is 0 Å². The van der Waals surface area contributed by atoms with Crippen LogP contribution in [0.1, 0.15) is 12.8 Å². The fraction of sp³-hybridized carbons (Fsp3) is 0.417. The predicted molar refractivity (Wildman–Crippen MR) is 67.0 cm³/mol. The van der Waals surface area contributed by atoms with Crippen LogP contribution in [0.2, 0.25) is 0 Å². The Morgan fingerprint density at radius 2 is 2.12 bits per heavy atom. The number of nitrogen functional groups attached to an aromatic ring is 1. The third kappa shape index (κ3) is 2.06. The lowest BCUT2D eigenvalue weighted by Gasteiger charge is -2.23. The summed E-state index contributed by atoms with van der Waals surface area (Å²) in [5.41, 5.74) is 6.71. The molecule has 0 aliphatic carbocycles. The highest BCUT2D eigenvalue weighted by atomic mass is 16.5. The van der Waals surface area contributed by atoms with Crippen molar-refractivity contribution in [1.82, 2.24) is 15.5 Å². The van der Waals surface area contributed by atoms with Crippen LogP contribution in [0, 0.1) is 0 Å². The molecule has 3 rings (SSSR count). The molecule has 1 saturated heterocycles. The molecule has 0 saturated carbocycles. The number of hydrogen-bond acceptors (Lipinski definition) is 4. The van der Waals surface area contributed by atoms with Crippen LogP contribution in [0.15, 0.2) is 18.2 Å². The quantitative estimate of drug-likeness (QED) is 0.729. The van der Waals surface area contributed by atoms with Gasteiger partial charge in [0.2, 0.25) is 0 Å². The molecule has 1 aliphatic rings. The van der Waals surface area contributed by atoms with E-state index in [1.165, 1.54) is 0 Å². The molecule has 0 amide bonds. The molecular weight excluding hydrogens is 216 g/mol. The predicted octanol–water partition coefficient (Wildman–Crippen LogP) is 1.28. The molecule has 0 radical (unpaired) electrons. The minimum absolute atomic E-state index is 0.307. The molecule has 1 aromatic heterocycles. The average molecular weight is 232 g/mol. The third-order valence-corrected chi connectivity index (χ3v) is 3.15. The van der Waals surface area contributed by atoms with Gasteiger partial charge in [-0.25, -0.2) is 0 Å². The Balaban J connectivity index is 1.82. The molecule has 0 unspecified atom stereocenters. The first-order valence-corrected chi connectivity index (χ1v) is 5.94. The average Bonchev–Trinajstić information content (AvgIpc) is 2.73. The lowest BCUT2D eigenvalue weighted by atomic mass is 10.1. The van der Waals surface area contributed by atoms with Gasteiger partial charge < -0.3 is 15.8 Å². The summed E-state index contributed by atoms with van der Waals surface area (Å²) in [6.45, 7) is 2.06. The molecule has 0 spiro atoms. The number of nitrogens with one attached hydrogen (secondary N) is 2. The standard InChI is InChI=1S/C12H16N4O/c13-12-10-7-9(1-2-11(10)15-16-12)17-8-3-5-14-6-4-8/h1-2,7-8,14H,3-6H2,(H3,13,15,16). The number of anilines is 1. The fourth-order valence-electron chi connectivity index (χ4n) is 2.19. The number of aromatic amines is 1. The zero-order valence-electron chi connectivity index (χ0n) is 9.57. The summed E-state index contributed by atoms with van der Waals surface area (Å²) in [6, 6.07) is 5.87. The van der Waals surface area contributed by atoms with Crippen molar-refractivity contribution in [2.75, 3.05) is 18.8 Å². The van der Waals surface area contributed by atoms with E-state index in [1.54, 1.807) is 0 Å². The number of hydrogen-bond donors (Lipinski definition) is 3. The topological polar surface area (TPSA) is 76.0 Å². The van der Waals surface area contributed by atoms with Crippen molar-refractivity contribution in [2.45, 2.75) is 18.9 Å². The van der Waals surface area contributed by atoms with Gasteiger partial charge in [0.05, 0.1) is 5.52 Å². The van der Waals surface area contributed by atoms with Gasteiger partial charge in [-0.3, -0.25) is 5.10 Å². The summed E-state index contributed by atoms with van der Waals surface area (Å²) in [5, 5.41) is 11.1. The van der Waals surface area contributed by atoms with E-state index >= 15 is 0 Å². The van der Waals surface area contributed by atoms with Crippen LogP contribution in [0.3, 0.4) is 0 Å². The van der Waals surface area contributed by atoms with Crippen molar-refractivity contribution in [3.05, 3.63) is 18.2 Å². The molecule has 1 aromatic carbocycles. The number of H-pyrrole nitrogens is 1. The number of ether oxygens (including phenoxy) is 1. The smallest absolute Gasteiger partial charge is 0.153 e. The molecule has 1 aliphatic heterocycles. The van der Waals surface area contributed by atoms with E-state index in [9.17, 15) is 0 Å². The molecule has 0 atom stereocenters. The molecule has 0 bridgehead atoms. The van der Waals surface area contributed by atoms with Crippen LogP contribution in [0.5, 0.6) is 5.75 Å². The van der Waals surface area contributed by atoms with E-state index in [1.807, 2.05) is 18.2 Å². The van der Waals surface area contributed by atoms with Crippen molar-refractivity contribution < 1.29 is 4.74 Å². The second kappa shape index (κ2) is 4.25. The van der Waals surface area contributed by atoms with E-state index in [-0.39, 0.29) is 0 Å². The van der Waals surface area contributed by atoms with Crippen LogP contribution < -0.4 is 15.8 Å². The number of rotatable bonds is 2. The van der Waals surface area contributed by atoms with Gasteiger partial charge in [0.25, 0.3) is 0 Å². The molecule has 4 N–H and O–H groups in total. The summed E-state index contributed by atoms with van der Waals surface area (Å²) < 4.78 is 5.95. The third-order valence-electron chi connectivity index (χ3n) is 3.15. The minimum Gasteiger partial charge on any atom is -0.490 e. The fourth-order valence-corrected chi connectivity index (χ4v) is 2.19. The maximum absolute atomic E-state index is 5.95. The number of piperidine rings is 1. The summed E-state index contributed by atoms with van der Waals surface area (Å²) in [5.74, 6) is 1.40. The largest absolute Gasteiger partial charge is 0.490 e. The zero-order chi connectivity index (χ0) is 11.7. The highest BCUT2D eigenvalue weighted by Crippen LogP contribution is 2.25. The number of nitrogens with zero attached hydrogens (tertiary/aromatic N) is 1. The number of aromatic nitrogens is 2. The van der Waals surface area contributed by atoms with Crippen molar-refractivity contribution in [3.63, 3.8) is 0 Å². The van der Waals surface area contributed by atoms with Crippen LogP contribution in [-0.2, 0) is 0 Å². The Morgan fingerprint density at radius 1 is 1.29 bits per heavy atom. The Labute approximate surface area is 99.3 Å². The number of nitrogens with two attached hydrogens (primary N) is 1. The van der Waals surface area contributed by atoms with E-state index in [0.717, 1.165) is 42.6 Å². The minimum atomic E-state index is 0.307. The van der Waals surface area contributed by atoms with Gasteiger partial charge in [-0.2, -0.15) is 5.10 Å². The molecule has 5 nitrogen and oxygen atoms in total. The first-order valence-electron chi connectivity index (χ1n) is 5.94. The molecule has 2 heterocycles. The monoisotopic (exact) mass is 232 g/mol. The van der Waals surface area contributed by atoms with Gasteiger partial charge in [0, 0.05) is 5.39 Å². The first kappa shape index (κ1) is 10.4. The van der Waals surface area contributed by atoms with Crippen molar-refractivity contribution in [2.24, 2.45) is 0 Å². The van der Waals surface area contributed by atoms with Crippen LogP contribution in [0.4, 0.5) is 5.82 Å². The molecule has 1 fully saturated rings. The van der Waals surface area contributed by atoms with E-state index < -0.39 is 0 Å². The van der Waals surface area contributed by atoms with Crippen LogP contribution in [-0.4, -0.2) is 29.4 Å². The number of benzene rings is 1. The zero-order valence-corrected chi connectivity index (χ0v) is 9.57. The van der Waals surface area contributed by atoms with Gasteiger partial charge in [-0.05, 0) is 44.1 Å². The molecular formula is C12H16N4O. The summed E-state index contributed by atoms with van der Waals surface area (Å²) >= 11 is 0. The van der Waals surface area contributed by atoms with Crippen molar-refractivity contribution >= 4 is 16.7 Å². The summed E-state index contributed by atoms with van der Waals surface area (Å²) in [4.78, 5) is 0. The number of fused-ring (bicyclic) bond motifs is 1. The second-order valence-corrected chi connectivity index (χ2v) is 4.38. The lowest BCUT2D eigenvalue weighted by Crippen LogP contribution is -2.34. The lowest BCUT2D eigenvalue weighted by molar-refractivity contribution is 0.162. The van der Waals surface area contributed by atoms with Crippen molar-refractivity contribution in [1.29, 1.82) is 0 Å². The van der Waals surface area contributed by atoms with Gasteiger partial charge in [0.1, 0.15) is 11.9 Å². The second-order valence-electron chi connectivity index (χ2n) is 4.38.